The molecule has 1 rings (SSSR count). The molecule has 18 heavy (non-hydrogen) atoms. The van der Waals surface area contributed by atoms with E-state index in [1.54, 1.807) is 0 Å². The lowest BCUT2D eigenvalue weighted by atomic mass is 9.87. The van der Waals surface area contributed by atoms with Crippen LogP contribution in [0.15, 0.2) is 24.3 Å². The molecule has 2 N–H and O–H groups in total. The zero-order valence-electron chi connectivity index (χ0n) is 11.8. The first-order valence-electron chi connectivity index (χ1n) is 6.54. The average Bonchev–Trinajstić information content (AvgIpc) is 2.29. The van der Waals surface area contributed by atoms with E-state index >= 15 is 0 Å². The molecule has 0 unspecified atom stereocenters. The van der Waals surface area contributed by atoms with E-state index in [0.29, 0.717) is 19.5 Å². The summed E-state index contributed by atoms with van der Waals surface area (Å²) >= 11 is 0. The van der Waals surface area contributed by atoms with Gasteiger partial charge in [-0.05, 0) is 30.0 Å². The van der Waals surface area contributed by atoms with Gasteiger partial charge in [-0.25, -0.2) is 0 Å². The third-order valence-corrected chi connectivity index (χ3v) is 2.81. The lowest BCUT2D eigenvalue weighted by Gasteiger charge is -2.19. The van der Waals surface area contributed by atoms with Crippen molar-refractivity contribution in [2.45, 2.75) is 39.5 Å². The molecule has 0 aliphatic heterocycles. The molecule has 0 heterocycles. The van der Waals surface area contributed by atoms with Gasteiger partial charge in [0.15, 0.2) is 0 Å². The first-order valence-corrected chi connectivity index (χ1v) is 6.54. The normalized spacial score (nSPS) is 11.1. The largest absolute Gasteiger partial charge is 0.385 e. The summed E-state index contributed by atoms with van der Waals surface area (Å²) in [5, 5.41) is 6.03. The highest BCUT2D eigenvalue weighted by atomic mass is 16.1. The summed E-state index contributed by atoms with van der Waals surface area (Å²) in [5.74, 6) is 0.0938. The van der Waals surface area contributed by atoms with Crippen molar-refractivity contribution in [1.82, 2.24) is 5.32 Å². The topological polar surface area (TPSA) is 41.1 Å². The van der Waals surface area contributed by atoms with Gasteiger partial charge in [-0.15, -0.1) is 0 Å². The lowest BCUT2D eigenvalue weighted by Crippen LogP contribution is -2.24. The Bertz CT molecular complexity index is 376. The van der Waals surface area contributed by atoms with Gasteiger partial charge in [-0.2, -0.15) is 0 Å². The van der Waals surface area contributed by atoms with E-state index in [0.717, 1.165) is 5.69 Å². The number of benzene rings is 1. The first-order chi connectivity index (χ1) is 8.43. The SMILES string of the molecule is CCNC(=O)CCNc1ccc(C(C)(C)C)cc1. The second kappa shape index (κ2) is 6.43. The van der Waals surface area contributed by atoms with E-state index in [1.807, 2.05) is 6.92 Å². The Kier molecular flexibility index (Phi) is 5.20. The highest BCUT2D eigenvalue weighted by Gasteiger charge is 2.12. The molecule has 100 valence electrons. The molecule has 0 radical (unpaired) electrons. The minimum Gasteiger partial charge on any atom is -0.385 e. The molecule has 0 saturated heterocycles. The molecule has 1 aromatic carbocycles. The van der Waals surface area contributed by atoms with Gasteiger partial charge < -0.3 is 10.6 Å². The van der Waals surface area contributed by atoms with Crippen molar-refractivity contribution in [1.29, 1.82) is 0 Å². The molecule has 0 bridgehead atoms. The number of carbonyl (C=O) groups is 1. The minimum absolute atomic E-state index is 0.0938. The monoisotopic (exact) mass is 248 g/mol. The van der Waals surface area contributed by atoms with Crippen molar-refractivity contribution < 1.29 is 4.79 Å². The summed E-state index contributed by atoms with van der Waals surface area (Å²) in [4.78, 5) is 11.3. The van der Waals surface area contributed by atoms with Crippen molar-refractivity contribution in [2.75, 3.05) is 18.4 Å². The second-order valence-electron chi connectivity index (χ2n) is 5.46. The molecule has 0 aliphatic carbocycles. The number of hydrogen-bond acceptors (Lipinski definition) is 2. The van der Waals surface area contributed by atoms with Crippen LogP contribution >= 0.6 is 0 Å². The molecular weight excluding hydrogens is 224 g/mol. The molecule has 3 nitrogen and oxygen atoms in total. The fraction of sp³-hybridized carbons (Fsp3) is 0.533. The van der Waals surface area contributed by atoms with Gasteiger partial charge in [0.2, 0.25) is 5.91 Å². The van der Waals surface area contributed by atoms with Crippen molar-refractivity contribution >= 4 is 11.6 Å². The molecule has 0 atom stereocenters. The van der Waals surface area contributed by atoms with E-state index in [2.05, 4.69) is 55.7 Å². The summed E-state index contributed by atoms with van der Waals surface area (Å²) in [6, 6.07) is 8.40. The highest BCUT2D eigenvalue weighted by Crippen LogP contribution is 2.23. The predicted octanol–water partition coefficient (Wildman–Crippen LogP) is 2.92. The summed E-state index contributed by atoms with van der Waals surface area (Å²) in [6.07, 6.45) is 0.509. The van der Waals surface area contributed by atoms with Crippen LogP contribution < -0.4 is 10.6 Å². The third kappa shape index (κ3) is 4.78. The zero-order chi connectivity index (χ0) is 13.6. The fourth-order valence-corrected chi connectivity index (χ4v) is 1.69. The Morgan fingerprint density at radius 1 is 1.17 bits per heavy atom. The molecule has 1 amide bonds. The van der Waals surface area contributed by atoms with Gasteiger partial charge in [0.25, 0.3) is 0 Å². The van der Waals surface area contributed by atoms with Crippen molar-refractivity contribution in [3.05, 3.63) is 29.8 Å². The molecule has 0 spiro atoms. The van der Waals surface area contributed by atoms with Gasteiger partial charge in [-0.1, -0.05) is 32.9 Å². The van der Waals surface area contributed by atoms with Crippen LogP contribution in [0.2, 0.25) is 0 Å². The van der Waals surface area contributed by atoms with Gasteiger partial charge in [0.05, 0.1) is 0 Å². The van der Waals surface area contributed by atoms with Crippen LogP contribution in [0, 0.1) is 0 Å². The molecule has 1 aromatic rings. The number of anilines is 1. The summed E-state index contributed by atoms with van der Waals surface area (Å²) in [7, 11) is 0. The van der Waals surface area contributed by atoms with Gasteiger partial charge in [-0.3, -0.25) is 4.79 Å². The fourth-order valence-electron chi connectivity index (χ4n) is 1.69. The standard InChI is InChI=1S/C15H24N2O/c1-5-16-14(18)10-11-17-13-8-6-12(7-9-13)15(2,3)4/h6-9,17H,5,10-11H2,1-4H3,(H,16,18). The number of amides is 1. The molecule has 0 fully saturated rings. The summed E-state index contributed by atoms with van der Waals surface area (Å²) in [6.45, 7) is 9.88. The molecule has 3 heteroatoms. The van der Waals surface area contributed by atoms with E-state index in [1.165, 1.54) is 5.56 Å². The maximum Gasteiger partial charge on any atom is 0.221 e. The zero-order valence-corrected chi connectivity index (χ0v) is 11.8. The van der Waals surface area contributed by atoms with Crippen molar-refractivity contribution in [3.8, 4) is 0 Å². The van der Waals surface area contributed by atoms with Crippen LogP contribution in [0.5, 0.6) is 0 Å². The van der Waals surface area contributed by atoms with Crippen molar-refractivity contribution in [3.63, 3.8) is 0 Å². The lowest BCUT2D eigenvalue weighted by molar-refractivity contribution is -0.120. The quantitative estimate of drug-likeness (QED) is 0.841. The first kappa shape index (κ1) is 14.6. The molecule has 0 aromatic heterocycles. The molecule has 0 saturated carbocycles. The Balaban J connectivity index is 2.42. The predicted molar refractivity (Wildman–Crippen MR) is 76.9 cm³/mol. The van der Waals surface area contributed by atoms with Crippen LogP contribution in [0.25, 0.3) is 0 Å². The van der Waals surface area contributed by atoms with Gasteiger partial charge >= 0.3 is 0 Å². The van der Waals surface area contributed by atoms with E-state index in [4.69, 9.17) is 0 Å². The average molecular weight is 248 g/mol. The Morgan fingerprint density at radius 2 is 1.78 bits per heavy atom. The van der Waals surface area contributed by atoms with Crippen LogP contribution in [-0.4, -0.2) is 19.0 Å². The number of rotatable bonds is 5. The number of hydrogen-bond donors (Lipinski definition) is 2. The highest BCUT2D eigenvalue weighted by molar-refractivity contribution is 5.76. The molecule has 0 aliphatic rings. The Morgan fingerprint density at radius 3 is 2.28 bits per heavy atom. The Labute approximate surface area is 110 Å². The molecular formula is C15H24N2O. The summed E-state index contributed by atoms with van der Waals surface area (Å²) < 4.78 is 0. The smallest absolute Gasteiger partial charge is 0.221 e. The second-order valence-corrected chi connectivity index (χ2v) is 5.46. The van der Waals surface area contributed by atoms with Crippen LogP contribution in [-0.2, 0) is 10.2 Å². The van der Waals surface area contributed by atoms with Crippen LogP contribution in [0.1, 0.15) is 39.7 Å². The van der Waals surface area contributed by atoms with Crippen molar-refractivity contribution in [2.24, 2.45) is 0 Å². The maximum absolute atomic E-state index is 11.3. The summed E-state index contributed by atoms with van der Waals surface area (Å²) in [5.41, 5.74) is 2.56. The Hall–Kier alpha value is -1.51. The number of carbonyl (C=O) groups excluding carboxylic acids is 1. The van der Waals surface area contributed by atoms with Gasteiger partial charge in [0.1, 0.15) is 0 Å². The van der Waals surface area contributed by atoms with E-state index in [-0.39, 0.29) is 11.3 Å². The minimum atomic E-state index is 0.0938. The third-order valence-electron chi connectivity index (χ3n) is 2.81. The number of nitrogens with one attached hydrogen (secondary N) is 2. The van der Waals surface area contributed by atoms with Crippen LogP contribution in [0.3, 0.4) is 0 Å². The van der Waals surface area contributed by atoms with Gasteiger partial charge in [0, 0.05) is 25.2 Å². The van der Waals surface area contributed by atoms with E-state index < -0.39 is 0 Å². The van der Waals surface area contributed by atoms with Crippen LogP contribution in [0.4, 0.5) is 5.69 Å². The maximum atomic E-state index is 11.3. The van der Waals surface area contributed by atoms with E-state index in [9.17, 15) is 4.79 Å².